The van der Waals surface area contributed by atoms with Crippen molar-refractivity contribution in [1.82, 2.24) is 0 Å². The van der Waals surface area contributed by atoms with Gasteiger partial charge in [0.25, 0.3) is 0 Å². The molecule has 84 valence electrons. The number of carbonyl (C=O) groups is 1. The second kappa shape index (κ2) is 5.84. The fraction of sp³-hybridized carbons (Fsp3) is 0. The molecule has 1 rings (SSSR count). The van der Waals surface area contributed by atoms with Crippen molar-refractivity contribution in [3.63, 3.8) is 0 Å². The molecule has 0 atom stereocenters. The van der Waals surface area contributed by atoms with Gasteiger partial charge in [0, 0.05) is 0 Å². The first-order chi connectivity index (χ1) is 7.47. The van der Waals surface area contributed by atoms with Crippen LogP contribution in [0.2, 0.25) is 0 Å². The molecule has 0 spiro atoms. The summed E-state index contributed by atoms with van der Waals surface area (Å²) in [5.74, 6) is -3.90. The van der Waals surface area contributed by atoms with Crippen LogP contribution in [0.4, 0.5) is 8.78 Å². The number of nitrogens with two attached hydrogens (primary N) is 1. The van der Waals surface area contributed by atoms with Crippen LogP contribution >= 0.6 is 17.8 Å². The molecule has 0 saturated carbocycles. The minimum atomic E-state index is -1.65. The number of carboxylic acid groups (broad SMARTS) is 1. The van der Waals surface area contributed by atoms with Crippen molar-refractivity contribution in [2.75, 3.05) is 0 Å². The number of amidine groups is 1. The molecule has 0 amide bonds. The van der Waals surface area contributed by atoms with Gasteiger partial charge in [0.1, 0.15) is 0 Å². The molecule has 1 aromatic rings. The number of nitrogens with zero attached hydrogens (tertiary/aromatic N) is 1. The van der Waals surface area contributed by atoms with Crippen molar-refractivity contribution in [2.45, 2.75) is 0 Å². The van der Waals surface area contributed by atoms with E-state index in [0.717, 1.165) is 12.1 Å². The van der Waals surface area contributed by atoms with Crippen LogP contribution < -0.4 is 5.73 Å². The van der Waals surface area contributed by atoms with Gasteiger partial charge in [-0.3, -0.25) is 0 Å². The van der Waals surface area contributed by atoms with E-state index < -0.39 is 43.4 Å². The maximum absolute atomic E-state index is 13.2. The van der Waals surface area contributed by atoms with Crippen LogP contribution in [0.5, 0.6) is 0 Å². The number of halogens is 3. The Kier molecular flexibility index (Phi) is 5.01. The van der Waals surface area contributed by atoms with Crippen molar-refractivity contribution in [1.29, 1.82) is 0 Å². The summed E-state index contributed by atoms with van der Waals surface area (Å²) in [5, 5.41) is 8.55. The van der Waals surface area contributed by atoms with E-state index in [0.29, 0.717) is 0 Å². The average Bonchev–Trinajstić information content (AvgIpc) is 2.16. The fourth-order valence-corrected chi connectivity index (χ4v) is 4.17. The molecule has 2 radical (unpaired) electrons. The molecule has 0 fully saturated rings. The Labute approximate surface area is 111 Å². The summed E-state index contributed by atoms with van der Waals surface area (Å²) in [4.78, 5) is 10.5. The van der Waals surface area contributed by atoms with E-state index in [1.54, 1.807) is 0 Å². The summed E-state index contributed by atoms with van der Waals surface area (Å²) in [6.45, 7) is 0. The molecule has 3 N–H and O–H groups in total. The predicted molar refractivity (Wildman–Crippen MR) is 63.8 cm³/mol. The van der Waals surface area contributed by atoms with Crippen LogP contribution in [-0.2, 0) is 0 Å². The number of hydrogen-bond acceptors (Lipinski definition) is 2. The van der Waals surface area contributed by atoms with Gasteiger partial charge in [-0.1, -0.05) is 0 Å². The third kappa shape index (κ3) is 3.09. The maximum atomic E-state index is 13.2. The van der Waals surface area contributed by atoms with Gasteiger partial charge in [0.05, 0.1) is 0 Å². The number of benzene rings is 1. The van der Waals surface area contributed by atoms with Crippen LogP contribution in [0.1, 0.15) is 15.9 Å². The summed E-state index contributed by atoms with van der Waals surface area (Å²) in [5.41, 5.74) is 4.58. The normalized spacial score (nSPS) is 11.6. The summed E-state index contributed by atoms with van der Waals surface area (Å²) in [6, 6.07) is 1.75. The van der Waals surface area contributed by atoms with Crippen molar-refractivity contribution < 1.29 is 18.7 Å². The van der Waals surface area contributed by atoms with Gasteiger partial charge in [-0.15, -0.1) is 0 Å². The zero-order chi connectivity index (χ0) is 12.3. The van der Waals surface area contributed by atoms with E-state index in [1.165, 1.54) is 0 Å². The monoisotopic (exact) mass is 534 g/mol. The van der Waals surface area contributed by atoms with E-state index in [-0.39, 0.29) is 11.4 Å². The first-order valence-electron chi connectivity index (χ1n) is 3.89. The first-order valence-corrected chi connectivity index (χ1v) is 16.6. The Hall–Kier alpha value is -0.328. The molecule has 1 aromatic carbocycles. The SMILES string of the molecule is N/C(=[N]\[Pb][I])c1cc(F)c(C(=O)O)c(F)c1. The fourth-order valence-electron chi connectivity index (χ4n) is 1.04. The first kappa shape index (κ1) is 13.7. The molecule has 0 aliphatic rings. The van der Waals surface area contributed by atoms with Crippen molar-refractivity contribution in [2.24, 2.45) is 8.54 Å². The predicted octanol–water partition coefficient (Wildman–Crippen LogP) is 1.34. The van der Waals surface area contributed by atoms with Gasteiger partial charge in [0.15, 0.2) is 0 Å². The van der Waals surface area contributed by atoms with Crippen molar-refractivity contribution in [3.05, 3.63) is 34.9 Å². The van der Waals surface area contributed by atoms with Gasteiger partial charge in [-0.2, -0.15) is 0 Å². The second-order valence-electron chi connectivity index (χ2n) is 2.70. The number of aromatic carboxylic acids is 1. The van der Waals surface area contributed by atoms with E-state index in [2.05, 4.69) is 20.6 Å². The summed E-state index contributed by atoms with van der Waals surface area (Å²) in [6.07, 6.45) is 0. The third-order valence-electron chi connectivity index (χ3n) is 1.71. The minimum absolute atomic E-state index is 0.0486. The number of carboxylic acids is 1. The number of hydrogen-bond donors (Lipinski definition) is 2. The molecular formula is C8H5F2IN2O2Pb. The Morgan fingerprint density at radius 3 is 2.31 bits per heavy atom. The third-order valence-corrected chi connectivity index (χ3v) is 5.10. The Morgan fingerprint density at radius 1 is 1.44 bits per heavy atom. The van der Waals surface area contributed by atoms with Crippen LogP contribution in [0.15, 0.2) is 14.9 Å². The molecule has 0 unspecified atom stereocenters. The molecule has 0 bridgehead atoms. The Bertz CT molecular complexity index is 444. The van der Waals surface area contributed by atoms with Crippen molar-refractivity contribution in [3.8, 4) is 0 Å². The van der Waals surface area contributed by atoms with E-state index >= 15 is 0 Å². The van der Waals surface area contributed by atoms with Gasteiger partial charge in [-0.05, 0) is 0 Å². The van der Waals surface area contributed by atoms with Gasteiger partial charge >= 0.3 is 112 Å². The van der Waals surface area contributed by atoms with Crippen LogP contribution in [0.3, 0.4) is 0 Å². The average molecular weight is 533 g/mol. The topological polar surface area (TPSA) is 75.7 Å². The van der Waals surface area contributed by atoms with E-state index in [1.807, 2.05) is 0 Å². The van der Waals surface area contributed by atoms with Gasteiger partial charge in [0.2, 0.25) is 0 Å². The molecule has 0 heterocycles. The molecule has 0 aliphatic heterocycles. The standard InChI is InChI=1S/C8H5F2N2O2.HI.Pb/c9-4-1-3(7(11)12)2-5(10)6(4)8(13)14;;/h1-2H,(H3-,11,12,13,14);1H;/q-1;;+2/p-1. The molecular weight excluding hydrogens is 528 g/mol. The molecule has 0 saturated heterocycles. The zero-order valence-electron chi connectivity index (χ0n) is 7.67. The zero-order valence-corrected chi connectivity index (χ0v) is 13.7. The van der Waals surface area contributed by atoms with Gasteiger partial charge in [-0.25, -0.2) is 0 Å². The summed E-state index contributed by atoms with van der Waals surface area (Å²) < 4.78 is 30.4. The Morgan fingerprint density at radius 2 is 1.94 bits per heavy atom. The van der Waals surface area contributed by atoms with Crippen LogP contribution in [0, 0.1) is 11.6 Å². The second-order valence-corrected chi connectivity index (χ2v) is 8.46. The molecule has 4 nitrogen and oxygen atoms in total. The summed E-state index contributed by atoms with van der Waals surface area (Å²) >= 11 is 0.916. The quantitative estimate of drug-likeness (QED) is 0.267. The molecule has 0 aliphatic carbocycles. The van der Waals surface area contributed by atoms with E-state index in [4.69, 9.17) is 10.8 Å². The molecule has 16 heavy (non-hydrogen) atoms. The number of rotatable bonds is 3. The molecule has 8 heteroatoms. The van der Waals surface area contributed by atoms with Crippen molar-refractivity contribution >= 4 is 49.8 Å². The van der Waals surface area contributed by atoms with E-state index in [9.17, 15) is 13.6 Å². The van der Waals surface area contributed by atoms with Gasteiger partial charge < -0.3 is 0 Å². The Balaban J connectivity index is 3.30. The van der Waals surface area contributed by atoms with Crippen LogP contribution in [0.25, 0.3) is 0 Å². The summed E-state index contributed by atoms with van der Waals surface area (Å²) in [7, 11) is 0. The molecule has 0 aromatic heterocycles. The van der Waals surface area contributed by atoms with Crippen LogP contribution in [-0.4, -0.2) is 37.2 Å².